The molecule has 8 nitrogen and oxygen atoms in total. The van der Waals surface area contributed by atoms with Crippen LogP contribution < -0.4 is 15.5 Å². The summed E-state index contributed by atoms with van der Waals surface area (Å²) in [5, 5.41) is 13.7. The minimum atomic E-state index is -0.695. The molecule has 5 aromatic rings. The highest BCUT2D eigenvalue weighted by atomic mass is 19.1. The highest BCUT2D eigenvalue weighted by Crippen LogP contribution is 2.29. The number of rotatable bonds is 7. The lowest BCUT2D eigenvalue weighted by Crippen LogP contribution is -2.25. The van der Waals surface area contributed by atoms with Gasteiger partial charge in [-0.3, -0.25) is 9.89 Å². The Morgan fingerprint density at radius 2 is 1.74 bits per heavy atom. The van der Waals surface area contributed by atoms with Gasteiger partial charge in [-0.15, -0.1) is 0 Å². The largest absolute Gasteiger partial charge is 0.371 e. The molecule has 2 heterocycles. The number of carbonyl (C=O) groups excluding carboxylic acids is 1. The number of nitrogens with zero attached hydrogens (tertiary/aromatic N) is 3. The van der Waals surface area contributed by atoms with Crippen molar-refractivity contribution in [2.45, 2.75) is 13.8 Å². The number of aromatic nitrogens is 4. The van der Waals surface area contributed by atoms with Crippen molar-refractivity contribution in [2.75, 3.05) is 28.6 Å². The average Bonchev–Trinajstić information content (AvgIpc) is 3.44. The van der Waals surface area contributed by atoms with Crippen LogP contribution in [0.1, 0.15) is 24.2 Å². The first-order valence-corrected chi connectivity index (χ1v) is 11.2. The van der Waals surface area contributed by atoms with Crippen molar-refractivity contribution in [2.24, 2.45) is 0 Å². The molecule has 0 bridgehead atoms. The molecule has 10 heteroatoms. The smallest absolute Gasteiger partial charge is 0.257 e. The molecule has 1 amide bonds. The molecule has 0 aliphatic carbocycles. The Labute approximate surface area is 199 Å². The summed E-state index contributed by atoms with van der Waals surface area (Å²) >= 11 is 0. The number of halogens is 2. The summed E-state index contributed by atoms with van der Waals surface area (Å²) in [6.45, 7) is 5.41. The Morgan fingerprint density at radius 1 is 0.971 bits per heavy atom. The molecule has 0 atom stereocenters. The molecule has 0 saturated carbocycles. The summed E-state index contributed by atoms with van der Waals surface area (Å²) in [5.74, 6) is -1.36. The first-order chi connectivity index (χ1) is 16.9. The molecule has 3 aromatic carbocycles. The van der Waals surface area contributed by atoms with Crippen molar-refractivity contribution < 1.29 is 13.6 Å². The summed E-state index contributed by atoms with van der Waals surface area (Å²) < 4.78 is 27.2. The lowest BCUT2D eigenvalue weighted by atomic mass is 10.1. The van der Waals surface area contributed by atoms with E-state index >= 15 is 0 Å². The SMILES string of the molecule is CCN(CC)c1cc2nc(Nc3cc(F)cc(F)c3)[nH]c2cc1C(=O)Nc1ccc2cn[nH]c2c1. The maximum atomic E-state index is 13.6. The molecule has 0 saturated heterocycles. The number of H-pyrrole nitrogens is 2. The van der Waals surface area contributed by atoms with Crippen LogP contribution in [-0.2, 0) is 0 Å². The molecular formula is C25H23F2N7O. The summed E-state index contributed by atoms with van der Waals surface area (Å²) in [7, 11) is 0. The number of amides is 1. The Balaban J connectivity index is 1.51. The normalized spacial score (nSPS) is 11.2. The Kier molecular flexibility index (Phi) is 5.77. The number of imidazole rings is 1. The van der Waals surface area contributed by atoms with Crippen LogP contribution in [0.2, 0.25) is 0 Å². The lowest BCUT2D eigenvalue weighted by Gasteiger charge is -2.23. The maximum Gasteiger partial charge on any atom is 0.257 e. The van der Waals surface area contributed by atoms with E-state index in [-0.39, 0.29) is 11.6 Å². The molecule has 5 rings (SSSR count). The van der Waals surface area contributed by atoms with E-state index in [1.807, 2.05) is 38.1 Å². The summed E-state index contributed by atoms with van der Waals surface area (Å²) in [4.78, 5) is 23.0. The summed E-state index contributed by atoms with van der Waals surface area (Å²) in [6, 6.07) is 12.2. The third-order valence-electron chi connectivity index (χ3n) is 5.77. The molecular weight excluding hydrogens is 452 g/mol. The Bertz CT molecular complexity index is 1520. The highest BCUT2D eigenvalue weighted by molar-refractivity contribution is 6.11. The fourth-order valence-electron chi connectivity index (χ4n) is 4.09. The van der Waals surface area contributed by atoms with Gasteiger partial charge in [-0.1, -0.05) is 0 Å². The van der Waals surface area contributed by atoms with Crippen LogP contribution in [0.15, 0.2) is 54.7 Å². The topological polar surface area (TPSA) is 102 Å². The first kappa shape index (κ1) is 22.3. The zero-order valence-corrected chi connectivity index (χ0v) is 19.1. The van der Waals surface area contributed by atoms with Crippen LogP contribution in [0.4, 0.5) is 31.8 Å². The fraction of sp³-hybridized carbons (Fsp3) is 0.160. The zero-order chi connectivity index (χ0) is 24.5. The third-order valence-corrected chi connectivity index (χ3v) is 5.77. The standard InChI is InChI=1S/C25H23F2N7O/c1-3-34(4-2)23-12-22-21(31-25(32-22)30-18-8-15(26)7-16(27)9-18)11-19(23)24(35)29-17-6-5-14-13-28-33-20(14)10-17/h5-13H,3-4H2,1-2H3,(H,28,33)(H,29,35)(H2,30,31,32). The monoisotopic (exact) mass is 475 g/mol. The van der Waals surface area contributed by atoms with E-state index < -0.39 is 11.6 Å². The second kappa shape index (κ2) is 9.05. The van der Waals surface area contributed by atoms with Crippen molar-refractivity contribution in [1.29, 1.82) is 0 Å². The van der Waals surface area contributed by atoms with Crippen LogP contribution in [0.5, 0.6) is 0 Å². The predicted octanol–water partition coefficient (Wildman–Crippen LogP) is 5.56. The van der Waals surface area contributed by atoms with Crippen molar-refractivity contribution >= 4 is 50.9 Å². The van der Waals surface area contributed by atoms with E-state index in [2.05, 4.69) is 35.7 Å². The van der Waals surface area contributed by atoms with Gasteiger partial charge >= 0.3 is 0 Å². The quantitative estimate of drug-likeness (QED) is 0.247. The number of benzene rings is 3. The number of nitrogens with one attached hydrogen (secondary N) is 4. The predicted molar refractivity (Wildman–Crippen MR) is 133 cm³/mol. The third kappa shape index (κ3) is 4.50. The van der Waals surface area contributed by atoms with Crippen LogP contribution in [-0.4, -0.2) is 39.2 Å². The van der Waals surface area contributed by atoms with Crippen molar-refractivity contribution in [3.05, 3.63) is 71.9 Å². The minimum Gasteiger partial charge on any atom is -0.371 e. The van der Waals surface area contributed by atoms with E-state index in [1.165, 1.54) is 12.1 Å². The van der Waals surface area contributed by atoms with Gasteiger partial charge in [-0.2, -0.15) is 5.10 Å². The number of hydrogen-bond donors (Lipinski definition) is 4. The molecule has 178 valence electrons. The number of hydrogen-bond acceptors (Lipinski definition) is 5. The van der Waals surface area contributed by atoms with E-state index in [9.17, 15) is 13.6 Å². The fourth-order valence-corrected chi connectivity index (χ4v) is 4.09. The van der Waals surface area contributed by atoms with Crippen LogP contribution in [0.25, 0.3) is 21.9 Å². The zero-order valence-electron chi connectivity index (χ0n) is 19.1. The lowest BCUT2D eigenvalue weighted by molar-refractivity contribution is 0.102. The van der Waals surface area contributed by atoms with E-state index in [4.69, 9.17) is 0 Å². The number of anilines is 4. The number of fused-ring (bicyclic) bond motifs is 2. The van der Waals surface area contributed by atoms with Crippen molar-refractivity contribution in [1.82, 2.24) is 20.2 Å². The van der Waals surface area contributed by atoms with Gasteiger partial charge in [-0.25, -0.2) is 13.8 Å². The van der Waals surface area contributed by atoms with E-state index in [0.717, 1.165) is 22.7 Å². The summed E-state index contributed by atoms with van der Waals surface area (Å²) in [6.07, 6.45) is 1.72. The number of carbonyl (C=O) groups is 1. The van der Waals surface area contributed by atoms with Crippen LogP contribution >= 0.6 is 0 Å². The van der Waals surface area contributed by atoms with Gasteiger partial charge in [0.25, 0.3) is 5.91 Å². The van der Waals surface area contributed by atoms with E-state index in [1.54, 1.807) is 12.3 Å². The Hall–Kier alpha value is -4.47. The van der Waals surface area contributed by atoms with Crippen molar-refractivity contribution in [3.8, 4) is 0 Å². The molecule has 0 aliphatic rings. The second-order valence-electron chi connectivity index (χ2n) is 8.05. The van der Waals surface area contributed by atoms with Gasteiger partial charge < -0.3 is 20.5 Å². The van der Waals surface area contributed by atoms with Crippen molar-refractivity contribution in [3.63, 3.8) is 0 Å². The maximum absolute atomic E-state index is 13.6. The molecule has 2 aromatic heterocycles. The van der Waals surface area contributed by atoms with Gasteiger partial charge in [0.1, 0.15) is 11.6 Å². The van der Waals surface area contributed by atoms with Gasteiger partial charge in [-0.05, 0) is 56.3 Å². The van der Waals surface area contributed by atoms with Gasteiger partial charge in [0.05, 0.1) is 34.0 Å². The minimum absolute atomic E-state index is 0.220. The molecule has 0 aliphatic heterocycles. The molecule has 35 heavy (non-hydrogen) atoms. The van der Waals surface area contributed by atoms with Crippen LogP contribution in [0.3, 0.4) is 0 Å². The highest BCUT2D eigenvalue weighted by Gasteiger charge is 2.19. The summed E-state index contributed by atoms with van der Waals surface area (Å²) in [5.41, 5.74) is 4.10. The van der Waals surface area contributed by atoms with Gasteiger partial charge in [0, 0.05) is 35.9 Å². The van der Waals surface area contributed by atoms with Gasteiger partial charge in [0.2, 0.25) is 5.95 Å². The Morgan fingerprint density at radius 3 is 2.49 bits per heavy atom. The first-order valence-electron chi connectivity index (χ1n) is 11.2. The van der Waals surface area contributed by atoms with Gasteiger partial charge in [0.15, 0.2) is 0 Å². The average molecular weight is 476 g/mol. The van der Waals surface area contributed by atoms with Crippen LogP contribution in [0, 0.1) is 11.6 Å². The molecule has 0 spiro atoms. The molecule has 0 unspecified atom stereocenters. The molecule has 4 N–H and O–H groups in total. The van der Waals surface area contributed by atoms with E-state index in [0.29, 0.717) is 41.3 Å². The second-order valence-corrected chi connectivity index (χ2v) is 8.05. The number of aromatic amines is 2. The molecule has 0 fully saturated rings. The molecule has 0 radical (unpaired) electrons.